The van der Waals surface area contributed by atoms with Crippen LogP contribution in [-0.4, -0.2) is 40.8 Å². The van der Waals surface area contributed by atoms with Crippen molar-refractivity contribution in [3.63, 3.8) is 0 Å². The van der Waals surface area contributed by atoms with Crippen molar-refractivity contribution in [2.24, 2.45) is 5.10 Å². The molecule has 0 spiro atoms. The highest BCUT2D eigenvalue weighted by Gasteiger charge is 2.13. The highest BCUT2D eigenvalue weighted by atomic mass is 32.2. The molecule has 1 aliphatic rings. The molecule has 0 bridgehead atoms. The number of anilines is 2. The predicted molar refractivity (Wildman–Crippen MR) is 122 cm³/mol. The molecule has 1 aliphatic heterocycles. The molecule has 4 rings (SSSR count). The minimum absolute atomic E-state index is 0.0255. The number of nitrogens with zero attached hydrogens (tertiary/aromatic N) is 4. The Morgan fingerprint density at radius 2 is 1.87 bits per heavy atom. The van der Waals surface area contributed by atoms with Gasteiger partial charge in [-0.1, -0.05) is 42.5 Å². The standard InChI is InChI=1S/C22H20N6OS/c23-14-19-20(17-4-2-1-3-5-17)25-22(26-21(19)29)27-24-15-16-6-8-18(9-7-16)28-10-12-30-13-11-28/h1-9,15H,10-13H2,(H2,25,26,27,29). The monoisotopic (exact) mass is 416 g/mol. The number of hydrazone groups is 1. The van der Waals surface area contributed by atoms with Gasteiger partial charge in [-0.05, 0) is 17.7 Å². The second-order valence-electron chi connectivity index (χ2n) is 6.68. The lowest BCUT2D eigenvalue weighted by atomic mass is 10.1. The summed E-state index contributed by atoms with van der Waals surface area (Å²) in [6.45, 7) is 2.14. The molecule has 1 aromatic heterocycles. The average molecular weight is 417 g/mol. The van der Waals surface area contributed by atoms with E-state index in [0.717, 1.165) is 30.2 Å². The van der Waals surface area contributed by atoms with Crippen molar-refractivity contribution in [3.05, 3.63) is 76.1 Å². The summed E-state index contributed by atoms with van der Waals surface area (Å²) < 4.78 is 0. The van der Waals surface area contributed by atoms with Gasteiger partial charge in [-0.2, -0.15) is 22.1 Å². The van der Waals surface area contributed by atoms with Gasteiger partial charge in [0.15, 0.2) is 0 Å². The summed E-state index contributed by atoms with van der Waals surface area (Å²) in [7, 11) is 0. The van der Waals surface area contributed by atoms with E-state index in [4.69, 9.17) is 0 Å². The van der Waals surface area contributed by atoms with Crippen LogP contribution in [0.15, 0.2) is 64.5 Å². The first-order valence-electron chi connectivity index (χ1n) is 9.56. The second kappa shape index (κ2) is 9.29. The molecule has 0 amide bonds. The van der Waals surface area contributed by atoms with Gasteiger partial charge in [0, 0.05) is 35.8 Å². The minimum atomic E-state index is -0.506. The molecule has 0 aliphatic carbocycles. The van der Waals surface area contributed by atoms with Crippen molar-refractivity contribution in [3.8, 4) is 17.3 Å². The zero-order chi connectivity index (χ0) is 20.8. The third kappa shape index (κ3) is 4.53. The number of thioether (sulfide) groups is 1. The van der Waals surface area contributed by atoms with Gasteiger partial charge >= 0.3 is 0 Å². The van der Waals surface area contributed by atoms with Crippen LogP contribution in [0, 0.1) is 11.3 Å². The van der Waals surface area contributed by atoms with Gasteiger partial charge in [-0.3, -0.25) is 9.78 Å². The highest BCUT2D eigenvalue weighted by Crippen LogP contribution is 2.20. The summed E-state index contributed by atoms with van der Waals surface area (Å²) in [5, 5.41) is 13.5. The van der Waals surface area contributed by atoms with E-state index in [-0.39, 0.29) is 11.5 Å². The molecular weight excluding hydrogens is 396 g/mol. The summed E-state index contributed by atoms with van der Waals surface area (Å²) in [6, 6.07) is 19.3. The summed E-state index contributed by atoms with van der Waals surface area (Å²) in [4.78, 5) is 21.6. The molecule has 30 heavy (non-hydrogen) atoms. The van der Waals surface area contributed by atoms with Crippen LogP contribution >= 0.6 is 11.8 Å². The van der Waals surface area contributed by atoms with Crippen LogP contribution in [0.4, 0.5) is 11.6 Å². The number of H-pyrrole nitrogens is 1. The molecule has 2 N–H and O–H groups in total. The fourth-order valence-electron chi connectivity index (χ4n) is 3.20. The smallest absolute Gasteiger partial charge is 0.270 e. The van der Waals surface area contributed by atoms with Crippen molar-refractivity contribution in [1.29, 1.82) is 5.26 Å². The molecule has 8 heteroatoms. The van der Waals surface area contributed by atoms with E-state index in [2.05, 4.69) is 37.5 Å². The Kier molecular flexibility index (Phi) is 6.11. The van der Waals surface area contributed by atoms with E-state index < -0.39 is 5.56 Å². The Morgan fingerprint density at radius 1 is 1.13 bits per heavy atom. The summed E-state index contributed by atoms with van der Waals surface area (Å²) >= 11 is 1.99. The number of aromatic amines is 1. The molecule has 0 radical (unpaired) electrons. The zero-order valence-electron chi connectivity index (χ0n) is 16.2. The number of nitrogens with one attached hydrogen (secondary N) is 2. The van der Waals surface area contributed by atoms with Crippen molar-refractivity contribution >= 4 is 29.6 Å². The fraction of sp³-hybridized carbons (Fsp3) is 0.182. The van der Waals surface area contributed by atoms with Crippen molar-refractivity contribution in [2.75, 3.05) is 34.9 Å². The number of hydrogen-bond donors (Lipinski definition) is 2. The van der Waals surface area contributed by atoms with Crippen molar-refractivity contribution < 1.29 is 0 Å². The maximum atomic E-state index is 12.3. The fourth-order valence-corrected chi connectivity index (χ4v) is 4.10. The van der Waals surface area contributed by atoms with E-state index in [1.807, 2.05) is 48.2 Å². The second-order valence-corrected chi connectivity index (χ2v) is 7.90. The lowest BCUT2D eigenvalue weighted by molar-refractivity contribution is 0.859. The van der Waals surface area contributed by atoms with E-state index >= 15 is 0 Å². The minimum Gasteiger partial charge on any atom is -0.370 e. The SMILES string of the molecule is N#Cc1c(-c2ccccc2)nc(NN=Cc2ccc(N3CCSCC3)cc2)[nH]c1=O. The van der Waals surface area contributed by atoms with Gasteiger partial charge in [0.1, 0.15) is 11.6 Å². The quantitative estimate of drug-likeness (QED) is 0.489. The lowest BCUT2D eigenvalue weighted by Gasteiger charge is -2.28. The van der Waals surface area contributed by atoms with Crippen LogP contribution in [0.5, 0.6) is 0 Å². The molecule has 150 valence electrons. The van der Waals surface area contributed by atoms with E-state index in [9.17, 15) is 10.1 Å². The predicted octanol–water partition coefficient (Wildman–Crippen LogP) is 3.31. The highest BCUT2D eigenvalue weighted by molar-refractivity contribution is 7.99. The topological polar surface area (TPSA) is 97.2 Å². The summed E-state index contributed by atoms with van der Waals surface area (Å²) in [6.07, 6.45) is 1.66. The first kappa shape index (κ1) is 19.7. The Bertz CT molecular complexity index is 1130. The Hall–Kier alpha value is -3.57. The Balaban J connectivity index is 1.49. The zero-order valence-corrected chi connectivity index (χ0v) is 17.0. The normalized spacial score (nSPS) is 13.9. The number of aromatic nitrogens is 2. The first-order chi connectivity index (χ1) is 14.7. The number of benzene rings is 2. The van der Waals surface area contributed by atoms with Gasteiger partial charge in [0.2, 0.25) is 5.95 Å². The van der Waals surface area contributed by atoms with E-state index in [1.165, 1.54) is 5.69 Å². The van der Waals surface area contributed by atoms with E-state index in [1.54, 1.807) is 18.3 Å². The van der Waals surface area contributed by atoms with Gasteiger partial charge in [-0.25, -0.2) is 10.4 Å². The Labute approximate surface area is 178 Å². The molecular formula is C22H20N6OS. The number of rotatable bonds is 5. The van der Waals surface area contributed by atoms with Gasteiger partial charge < -0.3 is 4.90 Å². The third-order valence-electron chi connectivity index (χ3n) is 4.73. The van der Waals surface area contributed by atoms with Crippen LogP contribution in [0.3, 0.4) is 0 Å². The van der Waals surface area contributed by atoms with Crippen molar-refractivity contribution in [1.82, 2.24) is 9.97 Å². The summed E-state index contributed by atoms with van der Waals surface area (Å²) in [5.74, 6) is 2.50. The van der Waals surface area contributed by atoms with Gasteiger partial charge in [-0.15, -0.1) is 0 Å². The van der Waals surface area contributed by atoms with Crippen LogP contribution in [-0.2, 0) is 0 Å². The molecule has 2 aromatic carbocycles. The largest absolute Gasteiger partial charge is 0.370 e. The molecule has 0 saturated carbocycles. The molecule has 2 heterocycles. The molecule has 0 unspecified atom stereocenters. The van der Waals surface area contributed by atoms with E-state index in [0.29, 0.717) is 11.3 Å². The molecule has 1 saturated heterocycles. The van der Waals surface area contributed by atoms with Crippen LogP contribution in [0.25, 0.3) is 11.3 Å². The van der Waals surface area contributed by atoms with Crippen LogP contribution in [0.1, 0.15) is 11.1 Å². The van der Waals surface area contributed by atoms with Gasteiger partial charge in [0.25, 0.3) is 5.56 Å². The number of hydrogen-bond acceptors (Lipinski definition) is 7. The Morgan fingerprint density at radius 3 is 2.57 bits per heavy atom. The maximum Gasteiger partial charge on any atom is 0.270 e. The first-order valence-corrected chi connectivity index (χ1v) is 10.7. The maximum absolute atomic E-state index is 12.3. The van der Waals surface area contributed by atoms with Gasteiger partial charge in [0.05, 0.1) is 11.9 Å². The molecule has 3 aromatic rings. The van der Waals surface area contributed by atoms with Crippen LogP contribution in [0.2, 0.25) is 0 Å². The number of nitriles is 1. The van der Waals surface area contributed by atoms with Crippen molar-refractivity contribution in [2.45, 2.75) is 0 Å². The third-order valence-corrected chi connectivity index (χ3v) is 5.67. The summed E-state index contributed by atoms with van der Waals surface area (Å²) in [5.41, 5.74) is 5.38. The lowest BCUT2D eigenvalue weighted by Crippen LogP contribution is -2.32. The molecule has 0 atom stereocenters. The molecule has 1 fully saturated rings. The van der Waals surface area contributed by atoms with Crippen LogP contribution < -0.4 is 15.9 Å². The molecule has 7 nitrogen and oxygen atoms in total. The average Bonchev–Trinajstić information content (AvgIpc) is 2.80.